The molecule has 3 N–H and O–H groups in total. The molecule has 0 aliphatic heterocycles. The zero-order valence-electron chi connectivity index (χ0n) is 5.74. The first kappa shape index (κ1) is 7.24. The standard InChI is InChI=1S/C6H10N2O2/c1-4-2-6(10-8-4)5(7)3-9/h2,5,9H,3,7H2,1H3/t5-/m0/s1. The van der Waals surface area contributed by atoms with Gasteiger partial charge in [-0.1, -0.05) is 5.16 Å². The van der Waals surface area contributed by atoms with E-state index in [0.29, 0.717) is 5.76 Å². The fourth-order valence-electron chi connectivity index (χ4n) is 0.648. The Morgan fingerprint density at radius 3 is 3.00 bits per heavy atom. The van der Waals surface area contributed by atoms with E-state index in [4.69, 9.17) is 15.4 Å². The van der Waals surface area contributed by atoms with Crippen molar-refractivity contribution in [1.29, 1.82) is 0 Å². The molecular formula is C6H10N2O2. The van der Waals surface area contributed by atoms with Gasteiger partial charge in [0, 0.05) is 6.07 Å². The lowest BCUT2D eigenvalue weighted by Crippen LogP contribution is -2.13. The molecule has 0 aliphatic carbocycles. The number of aryl methyl sites for hydroxylation is 1. The minimum absolute atomic E-state index is 0.116. The first-order valence-electron chi connectivity index (χ1n) is 3.03. The molecule has 56 valence electrons. The summed E-state index contributed by atoms with van der Waals surface area (Å²) in [7, 11) is 0. The highest BCUT2D eigenvalue weighted by Crippen LogP contribution is 2.09. The Hall–Kier alpha value is -0.870. The zero-order valence-corrected chi connectivity index (χ0v) is 5.74. The third-order valence-corrected chi connectivity index (χ3v) is 1.21. The Labute approximate surface area is 58.6 Å². The van der Waals surface area contributed by atoms with Crippen molar-refractivity contribution in [2.45, 2.75) is 13.0 Å². The summed E-state index contributed by atoms with van der Waals surface area (Å²) in [5, 5.41) is 12.2. The van der Waals surface area contributed by atoms with Gasteiger partial charge >= 0.3 is 0 Å². The molecule has 0 unspecified atom stereocenters. The van der Waals surface area contributed by atoms with Crippen LogP contribution in [-0.2, 0) is 0 Å². The largest absolute Gasteiger partial charge is 0.394 e. The molecule has 0 aliphatic rings. The van der Waals surface area contributed by atoms with Crippen LogP contribution in [0.5, 0.6) is 0 Å². The van der Waals surface area contributed by atoms with E-state index in [1.54, 1.807) is 13.0 Å². The van der Waals surface area contributed by atoms with Gasteiger partial charge in [-0.2, -0.15) is 0 Å². The molecule has 1 rings (SSSR count). The van der Waals surface area contributed by atoms with Gasteiger partial charge in [-0.25, -0.2) is 0 Å². The maximum Gasteiger partial charge on any atom is 0.156 e. The van der Waals surface area contributed by atoms with Crippen LogP contribution in [0.4, 0.5) is 0 Å². The number of nitrogens with two attached hydrogens (primary N) is 1. The normalized spacial score (nSPS) is 13.5. The third-order valence-electron chi connectivity index (χ3n) is 1.21. The van der Waals surface area contributed by atoms with Gasteiger partial charge in [-0.3, -0.25) is 0 Å². The van der Waals surface area contributed by atoms with Crippen LogP contribution in [0.25, 0.3) is 0 Å². The van der Waals surface area contributed by atoms with Crippen molar-refractivity contribution < 1.29 is 9.63 Å². The number of nitrogens with zero attached hydrogens (tertiary/aromatic N) is 1. The van der Waals surface area contributed by atoms with Crippen molar-refractivity contribution in [3.63, 3.8) is 0 Å². The summed E-state index contributed by atoms with van der Waals surface area (Å²) < 4.78 is 4.78. The Morgan fingerprint density at radius 2 is 2.60 bits per heavy atom. The van der Waals surface area contributed by atoms with E-state index >= 15 is 0 Å². The van der Waals surface area contributed by atoms with Gasteiger partial charge in [-0.05, 0) is 6.92 Å². The molecule has 0 aromatic carbocycles. The first-order valence-corrected chi connectivity index (χ1v) is 3.03. The summed E-state index contributed by atoms with van der Waals surface area (Å²) in [5.74, 6) is 0.528. The SMILES string of the molecule is Cc1cc([C@@H](N)CO)on1. The Kier molecular flexibility index (Phi) is 2.03. The van der Waals surface area contributed by atoms with Gasteiger partial charge in [-0.15, -0.1) is 0 Å². The van der Waals surface area contributed by atoms with Gasteiger partial charge in [0.15, 0.2) is 5.76 Å². The van der Waals surface area contributed by atoms with E-state index < -0.39 is 6.04 Å². The summed E-state index contributed by atoms with van der Waals surface area (Å²) in [5.41, 5.74) is 6.20. The Balaban J connectivity index is 2.74. The van der Waals surface area contributed by atoms with Crippen LogP contribution in [0.15, 0.2) is 10.6 Å². The molecule has 0 amide bonds. The van der Waals surface area contributed by atoms with Gasteiger partial charge in [0.1, 0.15) is 0 Å². The lowest BCUT2D eigenvalue weighted by molar-refractivity contribution is 0.240. The molecule has 1 heterocycles. The van der Waals surface area contributed by atoms with Gasteiger partial charge < -0.3 is 15.4 Å². The van der Waals surface area contributed by atoms with Crippen LogP contribution >= 0.6 is 0 Å². The molecule has 1 aromatic rings. The van der Waals surface area contributed by atoms with Crippen molar-refractivity contribution in [1.82, 2.24) is 5.16 Å². The maximum atomic E-state index is 8.58. The van der Waals surface area contributed by atoms with Gasteiger partial charge in [0.25, 0.3) is 0 Å². The van der Waals surface area contributed by atoms with E-state index in [1.807, 2.05) is 0 Å². The maximum absolute atomic E-state index is 8.58. The summed E-state index contributed by atoms with van der Waals surface area (Å²) >= 11 is 0. The average Bonchev–Trinajstić information content (AvgIpc) is 2.34. The third kappa shape index (κ3) is 1.34. The van der Waals surface area contributed by atoms with Gasteiger partial charge in [0.05, 0.1) is 18.3 Å². The van der Waals surface area contributed by atoms with Crippen molar-refractivity contribution in [2.24, 2.45) is 5.73 Å². The lowest BCUT2D eigenvalue weighted by Gasteiger charge is -1.99. The van der Waals surface area contributed by atoms with Crippen LogP contribution in [0, 0.1) is 6.92 Å². The minimum Gasteiger partial charge on any atom is -0.394 e. The molecule has 0 saturated heterocycles. The van der Waals surface area contributed by atoms with E-state index in [0.717, 1.165) is 5.69 Å². The topological polar surface area (TPSA) is 72.3 Å². The van der Waals surface area contributed by atoms with E-state index in [2.05, 4.69) is 5.16 Å². The smallest absolute Gasteiger partial charge is 0.156 e. The number of aromatic nitrogens is 1. The highest BCUT2D eigenvalue weighted by atomic mass is 16.5. The lowest BCUT2D eigenvalue weighted by atomic mass is 10.2. The van der Waals surface area contributed by atoms with Crippen molar-refractivity contribution >= 4 is 0 Å². The molecule has 10 heavy (non-hydrogen) atoms. The Bertz CT molecular complexity index is 209. The number of aliphatic hydroxyl groups excluding tert-OH is 1. The summed E-state index contributed by atoms with van der Waals surface area (Å²) in [4.78, 5) is 0. The van der Waals surface area contributed by atoms with Crippen molar-refractivity contribution in [3.05, 3.63) is 17.5 Å². The fraction of sp³-hybridized carbons (Fsp3) is 0.500. The van der Waals surface area contributed by atoms with Crippen LogP contribution in [-0.4, -0.2) is 16.9 Å². The zero-order chi connectivity index (χ0) is 7.56. The molecule has 0 radical (unpaired) electrons. The minimum atomic E-state index is -0.443. The van der Waals surface area contributed by atoms with Crippen LogP contribution < -0.4 is 5.73 Å². The number of rotatable bonds is 2. The number of aliphatic hydroxyl groups is 1. The summed E-state index contributed by atoms with van der Waals surface area (Å²) in [6.07, 6.45) is 0. The molecule has 0 saturated carbocycles. The van der Waals surface area contributed by atoms with Crippen molar-refractivity contribution in [2.75, 3.05) is 6.61 Å². The second kappa shape index (κ2) is 2.81. The van der Waals surface area contributed by atoms with E-state index in [9.17, 15) is 0 Å². The van der Waals surface area contributed by atoms with E-state index in [-0.39, 0.29) is 6.61 Å². The molecule has 0 spiro atoms. The van der Waals surface area contributed by atoms with Gasteiger partial charge in [0.2, 0.25) is 0 Å². The predicted octanol–water partition coefficient (Wildman–Crippen LogP) is -0.0249. The summed E-state index contributed by atoms with van der Waals surface area (Å²) in [6, 6.07) is 1.27. The quantitative estimate of drug-likeness (QED) is 0.608. The Morgan fingerprint density at radius 1 is 1.90 bits per heavy atom. The second-order valence-electron chi connectivity index (χ2n) is 2.16. The number of hydrogen-bond acceptors (Lipinski definition) is 4. The highest BCUT2D eigenvalue weighted by molar-refractivity contribution is 5.06. The average molecular weight is 142 g/mol. The van der Waals surface area contributed by atoms with Crippen molar-refractivity contribution in [3.8, 4) is 0 Å². The van der Waals surface area contributed by atoms with Crippen LogP contribution in [0.2, 0.25) is 0 Å². The first-order chi connectivity index (χ1) is 4.74. The molecule has 4 heteroatoms. The van der Waals surface area contributed by atoms with Crippen LogP contribution in [0.1, 0.15) is 17.5 Å². The fourth-order valence-corrected chi connectivity index (χ4v) is 0.648. The molecule has 4 nitrogen and oxygen atoms in total. The molecule has 1 aromatic heterocycles. The van der Waals surface area contributed by atoms with Crippen LogP contribution in [0.3, 0.4) is 0 Å². The summed E-state index contributed by atoms with van der Waals surface area (Å²) in [6.45, 7) is 1.69. The number of hydrogen-bond donors (Lipinski definition) is 2. The predicted molar refractivity (Wildman–Crippen MR) is 35.3 cm³/mol. The molecule has 1 atom stereocenters. The molecule has 0 fully saturated rings. The molecular weight excluding hydrogens is 132 g/mol. The highest BCUT2D eigenvalue weighted by Gasteiger charge is 2.08. The monoisotopic (exact) mass is 142 g/mol. The second-order valence-corrected chi connectivity index (χ2v) is 2.16. The van der Waals surface area contributed by atoms with E-state index in [1.165, 1.54) is 0 Å². The molecule has 0 bridgehead atoms.